The molecule has 0 spiro atoms. The van der Waals surface area contributed by atoms with Crippen LogP contribution >= 0.6 is 0 Å². The number of hydrogen-bond acceptors (Lipinski definition) is 5. The van der Waals surface area contributed by atoms with E-state index < -0.39 is 10.0 Å². The van der Waals surface area contributed by atoms with Crippen LogP contribution in [-0.2, 0) is 21.2 Å². The number of sulfonamides is 1. The fourth-order valence-corrected chi connectivity index (χ4v) is 4.35. The monoisotopic (exact) mass is 444 g/mol. The van der Waals surface area contributed by atoms with Gasteiger partial charge in [-0.15, -0.1) is 0 Å². The standard InChI is InChI=1S/C23H32N4O3S/c1-18-4-3-5-22(19(18)2)27-16-14-26(15-17-27)13-11-23(28)25-12-10-20-6-8-21(9-7-20)31(24,29)30/h3-9H,10-17H2,1-2H3,(H,25,28)(H2,24,29,30). The number of carbonyl (C=O) groups excluding carboxylic acids is 1. The highest BCUT2D eigenvalue weighted by molar-refractivity contribution is 7.89. The van der Waals surface area contributed by atoms with Gasteiger partial charge in [0, 0.05) is 51.4 Å². The summed E-state index contributed by atoms with van der Waals surface area (Å²) in [5.41, 5.74) is 4.93. The van der Waals surface area contributed by atoms with Gasteiger partial charge in [0.1, 0.15) is 0 Å². The number of anilines is 1. The highest BCUT2D eigenvalue weighted by Gasteiger charge is 2.19. The van der Waals surface area contributed by atoms with Crippen LogP contribution in [0, 0.1) is 13.8 Å². The minimum atomic E-state index is -3.67. The van der Waals surface area contributed by atoms with Gasteiger partial charge in [0.15, 0.2) is 0 Å². The van der Waals surface area contributed by atoms with Gasteiger partial charge in [0.25, 0.3) is 0 Å². The summed E-state index contributed by atoms with van der Waals surface area (Å²) in [6.45, 7) is 9.46. The summed E-state index contributed by atoms with van der Waals surface area (Å²) in [6.07, 6.45) is 1.12. The quantitative estimate of drug-likeness (QED) is 0.648. The fraction of sp³-hybridized carbons (Fsp3) is 0.435. The van der Waals surface area contributed by atoms with E-state index >= 15 is 0 Å². The van der Waals surface area contributed by atoms with Gasteiger partial charge in [-0.05, 0) is 55.2 Å². The van der Waals surface area contributed by atoms with E-state index in [9.17, 15) is 13.2 Å². The van der Waals surface area contributed by atoms with Crippen molar-refractivity contribution >= 4 is 21.6 Å². The van der Waals surface area contributed by atoms with Crippen LogP contribution in [-0.4, -0.2) is 58.5 Å². The van der Waals surface area contributed by atoms with Crippen LogP contribution in [0.15, 0.2) is 47.4 Å². The molecule has 1 aliphatic rings. The van der Waals surface area contributed by atoms with E-state index in [4.69, 9.17) is 5.14 Å². The van der Waals surface area contributed by atoms with Crippen molar-refractivity contribution < 1.29 is 13.2 Å². The van der Waals surface area contributed by atoms with Crippen molar-refractivity contribution in [3.63, 3.8) is 0 Å². The number of primary sulfonamides is 1. The zero-order valence-electron chi connectivity index (χ0n) is 18.3. The fourth-order valence-electron chi connectivity index (χ4n) is 3.83. The van der Waals surface area contributed by atoms with Crippen LogP contribution in [0.3, 0.4) is 0 Å². The van der Waals surface area contributed by atoms with Crippen molar-refractivity contribution in [1.29, 1.82) is 0 Å². The Hall–Kier alpha value is -2.42. The van der Waals surface area contributed by atoms with Crippen molar-refractivity contribution in [2.24, 2.45) is 5.14 Å². The van der Waals surface area contributed by atoms with E-state index in [0.717, 1.165) is 38.3 Å². The molecule has 0 unspecified atom stereocenters. The minimum absolute atomic E-state index is 0.0399. The lowest BCUT2D eigenvalue weighted by molar-refractivity contribution is -0.121. The third kappa shape index (κ3) is 6.53. The number of aryl methyl sites for hydroxylation is 1. The van der Waals surface area contributed by atoms with Gasteiger partial charge in [-0.25, -0.2) is 13.6 Å². The van der Waals surface area contributed by atoms with Crippen molar-refractivity contribution in [2.75, 3.05) is 44.2 Å². The molecule has 31 heavy (non-hydrogen) atoms. The first kappa shape index (κ1) is 23.2. The molecule has 2 aromatic rings. The van der Waals surface area contributed by atoms with Crippen LogP contribution in [0.5, 0.6) is 0 Å². The number of amides is 1. The highest BCUT2D eigenvalue weighted by atomic mass is 32.2. The highest BCUT2D eigenvalue weighted by Crippen LogP contribution is 2.23. The first-order chi connectivity index (χ1) is 14.7. The Labute approximate surface area is 185 Å². The van der Waals surface area contributed by atoms with Gasteiger partial charge in [0.2, 0.25) is 15.9 Å². The molecule has 0 aliphatic carbocycles. The zero-order valence-corrected chi connectivity index (χ0v) is 19.1. The molecule has 2 aromatic carbocycles. The van der Waals surface area contributed by atoms with E-state index in [1.165, 1.54) is 28.9 Å². The summed E-state index contributed by atoms with van der Waals surface area (Å²) in [4.78, 5) is 17.1. The summed E-state index contributed by atoms with van der Waals surface area (Å²) in [7, 11) is -3.67. The predicted molar refractivity (Wildman–Crippen MR) is 124 cm³/mol. The third-order valence-electron chi connectivity index (χ3n) is 5.93. The molecular weight excluding hydrogens is 412 g/mol. The van der Waals surface area contributed by atoms with Gasteiger partial charge in [0.05, 0.1) is 4.90 Å². The smallest absolute Gasteiger partial charge is 0.238 e. The molecule has 1 heterocycles. The van der Waals surface area contributed by atoms with E-state index in [2.05, 4.69) is 47.2 Å². The van der Waals surface area contributed by atoms with Crippen molar-refractivity contribution in [3.8, 4) is 0 Å². The lowest BCUT2D eigenvalue weighted by atomic mass is 10.1. The Morgan fingerprint density at radius 2 is 1.71 bits per heavy atom. The number of benzene rings is 2. The van der Waals surface area contributed by atoms with Crippen molar-refractivity contribution in [1.82, 2.24) is 10.2 Å². The molecule has 1 aliphatic heterocycles. The second kappa shape index (κ2) is 10.3. The summed E-state index contributed by atoms with van der Waals surface area (Å²) in [5.74, 6) is 0.0399. The van der Waals surface area contributed by atoms with Crippen LogP contribution < -0.4 is 15.4 Å². The summed E-state index contributed by atoms with van der Waals surface area (Å²) >= 11 is 0. The Morgan fingerprint density at radius 3 is 2.35 bits per heavy atom. The van der Waals surface area contributed by atoms with Gasteiger partial charge >= 0.3 is 0 Å². The number of nitrogens with one attached hydrogen (secondary N) is 1. The molecule has 0 radical (unpaired) electrons. The largest absolute Gasteiger partial charge is 0.369 e. The molecule has 1 saturated heterocycles. The van der Waals surface area contributed by atoms with Gasteiger partial charge < -0.3 is 10.2 Å². The van der Waals surface area contributed by atoms with E-state index in [1.54, 1.807) is 12.1 Å². The number of carbonyl (C=O) groups is 1. The second-order valence-corrected chi connectivity index (χ2v) is 9.65. The maximum atomic E-state index is 12.2. The molecule has 168 valence electrons. The molecule has 0 saturated carbocycles. The molecule has 0 aromatic heterocycles. The van der Waals surface area contributed by atoms with Crippen molar-refractivity contribution in [3.05, 3.63) is 59.2 Å². The lowest BCUT2D eigenvalue weighted by Gasteiger charge is -2.37. The number of rotatable bonds is 8. The molecule has 0 bridgehead atoms. The van der Waals surface area contributed by atoms with Crippen LogP contribution in [0.25, 0.3) is 0 Å². The molecule has 1 amide bonds. The van der Waals surface area contributed by atoms with Crippen LogP contribution in [0.2, 0.25) is 0 Å². The van der Waals surface area contributed by atoms with Gasteiger partial charge in [-0.3, -0.25) is 9.69 Å². The van der Waals surface area contributed by atoms with Gasteiger partial charge in [-0.2, -0.15) is 0 Å². The van der Waals surface area contributed by atoms with Crippen molar-refractivity contribution in [2.45, 2.75) is 31.6 Å². The summed E-state index contributed by atoms with van der Waals surface area (Å²) in [5, 5.41) is 8.04. The van der Waals surface area contributed by atoms with Crippen LogP contribution in [0.4, 0.5) is 5.69 Å². The Kier molecular flexibility index (Phi) is 7.69. The van der Waals surface area contributed by atoms with E-state index in [1.807, 2.05) is 0 Å². The molecule has 0 atom stereocenters. The Balaban J connectivity index is 1.35. The SMILES string of the molecule is Cc1cccc(N2CCN(CCC(=O)NCCc3ccc(S(N)(=O)=O)cc3)CC2)c1C. The zero-order chi connectivity index (χ0) is 22.4. The molecular formula is C23H32N4O3S. The maximum Gasteiger partial charge on any atom is 0.238 e. The number of piperazine rings is 1. The number of nitrogens with zero attached hydrogens (tertiary/aromatic N) is 2. The maximum absolute atomic E-state index is 12.2. The topological polar surface area (TPSA) is 95.7 Å². The minimum Gasteiger partial charge on any atom is -0.369 e. The molecule has 3 N–H and O–H groups in total. The predicted octanol–water partition coefficient (Wildman–Crippen LogP) is 1.82. The Morgan fingerprint density at radius 1 is 1.03 bits per heavy atom. The number of hydrogen-bond donors (Lipinski definition) is 2. The van der Waals surface area contributed by atoms with E-state index in [-0.39, 0.29) is 10.8 Å². The molecule has 7 nitrogen and oxygen atoms in total. The normalized spacial score (nSPS) is 15.1. The molecule has 3 rings (SSSR count). The lowest BCUT2D eigenvalue weighted by Crippen LogP contribution is -2.47. The number of nitrogens with two attached hydrogens (primary N) is 1. The molecule has 8 heteroatoms. The second-order valence-electron chi connectivity index (χ2n) is 8.09. The average Bonchev–Trinajstić information content (AvgIpc) is 2.74. The first-order valence-electron chi connectivity index (χ1n) is 10.7. The van der Waals surface area contributed by atoms with Crippen LogP contribution in [0.1, 0.15) is 23.1 Å². The Bertz CT molecular complexity index is 998. The van der Waals surface area contributed by atoms with E-state index in [0.29, 0.717) is 19.4 Å². The molecule has 1 fully saturated rings. The summed E-state index contributed by atoms with van der Waals surface area (Å²) in [6, 6.07) is 12.9. The third-order valence-corrected chi connectivity index (χ3v) is 6.86. The first-order valence-corrected chi connectivity index (χ1v) is 12.2. The average molecular weight is 445 g/mol. The summed E-state index contributed by atoms with van der Waals surface area (Å²) < 4.78 is 22.6. The van der Waals surface area contributed by atoms with Gasteiger partial charge in [-0.1, -0.05) is 24.3 Å².